The molecule has 0 amide bonds. The first-order valence-corrected chi connectivity index (χ1v) is 8.68. The van der Waals surface area contributed by atoms with Gasteiger partial charge in [-0.15, -0.1) is 0 Å². The van der Waals surface area contributed by atoms with Gasteiger partial charge in [0.05, 0.1) is 5.92 Å². The Hall–Kier alpha value is -1.51. The Labute approximate surface area is 134 Å². The summed E-state index contributed by atoms with van der Waals surface area (Å²) in [6.45, 7) is 2.98. The quantitative estimate of drug-likeness (QED) is 0.496. The van der Waals surface area contributed by atoms with Crippen molar-refractivity contribution in [2.24, 2.45) is 5.92 Å². The summed E-state index contributed by atoms with van der Waals surface area (Å²) in [4.78, 5) is 11.7. The second-order valence-corrected chi connectivity index (χ2v) is 6.10. The Balaban J connectivity index is 1.61. The predicted molar refractivity (Wildman–Crippen MR) is 88.1 cm³/mol. The maximum atomic E-state index is 11.7. The number of carbonyl (C=O) groups is 1. The van der Waals surface area contributed by atoms with Crippen LogP contribution in [0.5, 0.6) is 5.75 Å². The number of esters is 1. The molecule has 0 spiro atoms. The van der Waals surface area contributed by atoms with Crippen molar-refractivity contribution < 1.29 is 14.3 Å². The van der Waals surface area contributed by atoms with Gasteiger partial charge in [0.25, 0.3) is 0 Å². The zero-order valence-electron chi connectivity index (χ0n) is 13.7. The van der Waals surface area contributed by atoms with Crippen molar-refractivity contribution >= 4 is 5.97 Å². The molecule has 0 unspecified atom stereocenters. The molecule has 0 aromatic heterocycles. The van der Waals surface area contributed by atoms with Gasteiger partial charge in [0.1, 0.15) is 19.0 Å². The topological polar surface area (TPSA) is 35.5 Å². The highest BCUT2D eigenvalue weighted by atomic mass is 16.6. The fraction of sp³-hybridized carbons (Fsp3) is 0.632. The van der Waals surface area contributed by atoms with Gasteiger partial charge >= 0.3 is 5.97 Å². The lowest BCUT2D eigenvalue weighted by Gasteiger charge is -2.11. The molecular weight excluding hydrogens is 276 g/mol. The minimum Gasteiger partial charge on any atom is -0.490 e. The summed E-state index contributed by atoms with van der Waals surface area (Å²) < 4.78 is 10.9. The van der Waals surface area contributed by atoms with Gasteiger partial charge in [0.15, 0.2) is 0 Å². The highest BCUT2D eigenvalue weighted by molar-refractivity contribution is 5.72. The summed E-state index contributed by atoms with van der Waals surface area (Å²) in [7, 11) is 0. The molecule has 0 radical (unpaired) electrons. The SMILES string of the molecule is CCCCCc1ccc(OCCOC(=O)C2CCCC2)cc1. The normalized spacial score (nSPS) is 15.0. The molecule has 0 bridgehead atoms. The lowest BCUT2D eigenvalue weighted by molar-refractivity contribution is -0.149. The van der Waals surface area contributed by atoms with E-state index in [4.69, 9.17) is 9.47 Å². The van der Waals surface area contributed by atoms with Crippen LogP contribution in [0.15, 0.2) is 24.3 Å². The molecule has 122 valence electrons. The largest absolute Gasteiger partial charge is 0.490 e. The van der Waals surface area contributed by atoms with Crippen LogP contribution in [-0.4, -0.2) is 19.2 Å². The van der Waals surface area contributed by atoms with E-state index < -0.39 is 0 Å². The zero-order valence-corrected chi connectivity index (χ0v) is 13.7. The fourth-order valence-electron chi connectivity index (χ4n) is 2.91. The Bertz CT molecular complexity index is 432. The van der Waals surface area contributed by atoms with Crippen LogP contribution in [0.2, 0.25) is 0 Å². The molecule has 22 heavy (non-hydrogen) atoms. The van der Waals surface area contributed by atoms with Crippen LogP contribution >= 0.6 is 0 Å². The predicted octanol–water partition coefficient (Wildman–Crippen LogP) is 4.53. The van der Waals surface area contributed by atoms with Crippen LogP contribution in [0.25, 0.3) is 0 Å². The molecule has 1 aromatic carbocycles. The summed E-state index contributed by atoms with van der Waals surface area (Å²) in [5.41, 5.74) is 1.36. The maximum absolute atomic E-state index is 11.7. The van der Waals surface area contributed by atoms with Crippen LogP contribution in [0, 0.1) is 5.92 Å². The van der Waals surface area contributed by atoms with E-state index in [9.17, 15) is 4.79 Å². The van der Waals surface area contributed by atoms with E-state index in [0.717, 1.165) is 37.9 Å². The number of aryl methyl sites for hydroxylation is 1. The van der Waals surface area contributed by atoms with Crippen molar-refractivity contribution in [1.82, 2.24) is 0 Å². The van der Waals surface area contributed by atoms with Crippen molar-refractivity contribution in [3.8, 4) is 5.75 Å². The molecule has 0 heterocycles. The van der Waals surface area contributed by atoms with Gasteiger partial charge in [-0.1, -0.05) is 44.7 Å². The average molecular weight is 304 g/mol. The molecule has 0 atom stereocenters. The first-order chi connectivity index (χ1) is 10.8. The molecule has 0 saturated heterocycles. The zero-order chi connectivity index (χ0) is 15.6. The number of hydrogen-bond acceptors (Lipinski definition) is 3. The van der Waals surface area contributed by atoms with Gasteiger partial charge in [0, 0.05) is 0 Å². The average Bonchev–Trinajstić information content (AvgIpc) is 3.07. The molecule has 0 N–H and O–H groups in total. The minimum absolute atomic E-state index is 0.0487. The Morgan fingerprint density at radius 3 is 2.50 bits per heavy atom. The molecule has 3 heteroatoms. The summed E-state index contributed by atoms with van der Waals surface area (Å²) in [6, 6.07) is 8.24. The highest BCUT2D eigenvalue weighted by Gasteiger charge is 2.23. The van der Waals surface area contributed by atoms with Crippen LogP contribution < -0.4 is 4.74 Å². The molecule has 1 aromatic rings. The van der Waals surface area contributed by atoms with Gasteiger partial charge in [-0.25, -0.2) is 0 Å². The number of unbranched alkanes of at least 4 members (excludes halogenated alkanes) is 2. The van der Waals surface area contributed by atoms with E-state index >= 15 is 0 Å². The lowest BCUT2D eigenvalue weighted by atomic mass is 10.1. The minimum atomic E-state index is -0.0487. The van der Waals surface area contributed by atoms with E-state index in [0.29, 0.717) is 13.2 Å². The highest BCUT2D eigenvalue weighted by Crippen LogP contribution is 2.25. The number of benzene rings is 1. The Morgan fingerprint density at radius 2 is 1.82 bits per heavy atom. The maximum Gasteiger partial charge on any atom is 0.309 e. The van der Waals surface area contributed by atoms with Gasteiger partial charge in [-0.05, 0) is 43.4 Å². The van der Waals surface area contributed by atoms with E-state index in [1.807, 2.05) is 12.1 Å². The van der Waals surface area contributed by atoms with Crippen LogP contribution in [-0.2, 0) is 16.0 Å². The Morgan fingerprint density at radius 1 is 1.09 bits per heavy atom. The fourth-order valence-corrected chi connectivity index (χ4v) is 2.91. The molecule has 3 nitrogen and oxygen atoms in total. The number of rotatable bonds is 9. The van der Waals surface area contributed by atoms with Crippen molar-refractivity contribution in [3.05, 3.63) is 29.8 Å². The van der Waals surface area contributed by atoms with Crippen molar-refractivity contribution in [2.45, 2.75) is 58.3 Å². The molecule has 2 rings (SSSR count). The molecular formula is C19H28O3. The monoisotopic (exact) mass is 304 g/mol. The van der Waals surface area contributed by atoms with Gasteiger partial charge in [-0.3, -0.25) is 4.79 Å². The third-order valence-electron chi connectivity index (χ3n) is 4.28. The third-order valence-corrected chi connectivity index (χ3v) is 4.28. The molecule has 1 aliphatic carbocycles. The summed E-state index contributed by atoms with van der Waals surface area (Å²) >= 11 is 0. The van der Waals surface area contributed by atoms with Crippen LogP contribution in [0.4, 0.5) is 0 Å². The molecule has 0 aliphatic heterocycles. The van der Waals surface area contributed by atoms with Crippen LogP contribution in [0.1, 0.15) is 57.4 Å². The lowest BCUT2D eigenvalue weighted by Crippen LogP contribution is -2.18. The van der Waals surface area contributed by atoms with E-state index in [1.165, 1.54) is 24.8 Å². The summed E-state index contributed by atoms with van der Waals surface area (Å²) in [5.74, 6) is 0.922. The first-order valence-electron chi connectivity index (χ1n) is 8.68. The summed E-state index contributed by atoms with van der Waals surface area (Å²) in [6.07, 6.45) is 9.19. The summed E-state index contributed by atoms with van der Waals surface area (Å²) in [5, 5.41) is 0. The number of hydrogen-bond donors (Lipinski definition) is 0. The smallest absolute Gasteiger partial charge is 0.309 e. The first kappa shape index (κ1) is 16.9. The van der Waals surface area contributed by atoms with Gasteiger partial charge in [0.2, 0.25) is 0 Å². The van der Waals surface area contributed by atoms with Gasteiger partial charge in [-0.2, -0.15) is 0 Å². The van der Waals surface area contributed by atoms with Crippen LogP contribution in [0.3, 0.4) is 0 Å². The molecule has 1 fully saturated rings. The van der Waals surface area contributed by atoms with E-state index in [2.05, 4.69) is 19.1 Å². The van der Waals surface area contributed by atoms with Crippen molar-refractivity contribution in [3.63, 3.8) is 0 Å². The van der Waals surface area contributed by atoms with E-state index in [-0.39, 0.29) is 11.9 Å². The third kappa shape index (κ3) is 5.70. The Kier molecular flexibility index (Phi) is 7.27. The molecule has 1 saturated carbocycles. The molecule has 1 aliphatic rings. The van der Waals surface area contributed by atoms with Crippen molar-refractivity contribution in [1.29, 1.82) is 0 Å². The number of carbonyl (C=O) groups excluding carboxylic acids is 1. The second-order valence-electron chi connectivity index (χ2n) is 6.10. The standard InChI is InChI=1S/C19H28O3/c1-2-3-4-7-16-10-12-18(13-11-16)21-14-15-22-19(20)17-8-5-6-9-17/h10-13,17H,2-9,14-15H2,1H3. The van der Waals surface area contributed by atoms with E-state index in [1.54, 1.807) is 0 Å². The van der Waals surface area contributed by atoms with Gasteiger partial charge < -0.3 is 9.47 Å². The number of ether oxygens (including phenoxy) is 2. The van der Waals surface area contributed by atoms with Crippen molar-refractivity contribution in [2.75, 3.05) is 13.2 Å². The second kappa shape index (κ2) is 9.50.